The Balaban J connectivity index is 2.37. The summed E-state index contributed by atoms with van der Waals surface area (Å²) in [4.78, 5) is 2.40. The molecule has 2 rings (SSSR count). The van der Waals surface area contributed by atoms with Gasteiger partial charge in [0, 0.05) is 17.1 Å². The van der Waals surface area contributed by atoms with Crippen molar-refractivity contribution in [3.63, 3.8) is 0 Å². The summed E-state index contributed by atoms with van der Waals surface area (Å²) in [5.41, 5.74) is 1.86. The first-order chi connectivity index (χ1) is 8.13. The smallest absolute Gasteiger partial charge is 0.101 e. The molecule has 1 heterocycles. The lowest BCUT2D eigenvalue weighted by Crippen LogP contribution is -2.33. The van der Waals surface area contributed by atoms with E-state index in [0.717, 1.165) is 22.3 Å². The van der Waals surface area contributed by atoms with Gasteiger partial charge in [0.25, 0.3) is 0 Å². The van der Waals surface area contributed by atoms with Crippen LogP contribution in [0.2, 0.25) is 0 Å². The highest BCUT2D eigenvalue weighted by molar-refractivity contribution is 9.10. The number of nitrogens with zero attached hydrogens (tertiary/aromatic N) is 2. The van der Waals surface area contributed by atoms with Crippen LogP contribution >= 0.6 is 15.9 Å². The average Bonchev–Trinajstić information content (AvgIpc) is 2.77. The van der Waals surface area contributed by atoms with E-state index in [0.29, 0.717) is 12.0 Å². The second-order valence-corrected chi connectivity index (χ2v) is 5.84. The largest absolute Gasteiger partial charge is 0.367 e. The molecule has 90 valence electrons. The quantitative estimate of drug-likeness (QED) is 0.825. The molecule has 1 unspecified atom stereocenters. The van der Waals surface area contributed by atoms with E-state index >= 15 is 0 Å². The summed E-state index contributed by atoms with van der Waals surface area (Å²) in [5.74, 6) is 0.632. The number of halogens is 1. The van der Waals surface area contributed by atoms with Crippen LogP contribution in [0, 0.1) is 17.2 Å². The third-order valence-electron chi connectivity index (χ3n) is 3.46. The topological polar surface area (TPSA) is 27.0 Å². The standard InChI is InChI=1S/C14H17BrN2/c1-10(2)13-4-3-7-17(13)14-6-5-12(15)8-11(14)9-16/h5-6,8,10,13H,3-4,7H2,1-2H3. The van der Waals surface area contributed by atoms with Gasteiger partial charge in [-0.1, -0.05) is 29.8 Å². The third kappa shape index (κ3) is 2.47. The van der Waals surface area contributed by atoms with Gasteiger partial charge >= 0.3 is 0 Å². The highest BCUT2D eigenvalue weighted by Crippen LogP contribution is 2.33. The molecule has 0 saturated carbocycles. The number of hydrogen-bond acceptors (Lipinski definition) is 2. The highest BCUT2D eigenvalue weighted by Gasteiger charge is 2.28. The number of anilines is 1. The second kappa shape index (κ2) is 5.10. The molecule has 0 aliphatic carbocycles. The zero-order valence-electron chi connectivity index (χ0n) is 10.3. The van der Waals surface area contributed by atoms with E-state index in [1.54, 1.807) is 0 Å². The number of nitriles is 1. The van der Waals surface area contributed by atoms with Gasteiger partial charge in [-0.3, -0.25) is 0 Å². The minimum Gasteiger partial charge on any atom is -0.367 e. The van der Waals surface area contributed by atoms with Crippen molar-refractivity contribution in [2.75, 3.05) is 11.4 Å². The van der Waals surface area contributed by atoms with Gasteiger partial charge < -0.3 is 4.90 Å². The molecular weight excluding hydrogens is 276 g/mol. The van der Waals surface area contributed by atoms with Crippen molar-refractivity contribution in [3.05, 3.63) is 28.2 Å². The molecule has 1 aromatic carbocycles. The summed E-state index contributed by atoms with van der Waals surface area (Å²) in [6.45, 7) is 5.58. The van der Waals surface area contributed by atoms with Crippen LogP contribution in [-0.2, 0) is 0 Å². The van der Waals surface area contributed by atoms with Gasteiger partial charge in [0.2, 0.25) is 0 Å². The van der Waals surface area contributed by atoms with E-state index in [2.05, 4.69) is 46.8 Å². The van der Waals surface area contributed by atoms with E-state index < -0.39 is 0 Å². The van der Waals surface area contributed by atoms with Crippen molar-refractivity contribution < 1.29 is 0 Å². The molecule has 0 bridgehead atoms. The van der Waals surface area contributed by atoms with E-state index in [9.17, 15) is 5.26 Å². The van der Waals surface area contributed by atoms with Crippen molar-refractivity contribution in [2.45, 2.75) is 32.7 Å². The minimum absolute atomic E-state index is 0.572. The molecule has 0 N–H and O–H groups in total. The van der Waals surface area contributed by atoms with Gasteiger partial charge in [-0.15, -0.1) is 0 Å². The van der Waals surface area contributed by atoms with Crippen LogP contribution in [0.15, 0.2) is 22.7 Å². The van der Waals surface area contributed by atoms with Crippen molar-refractivity contribution in [1.29, 1.82) is 5.26 Å². The Hall–Kier alpha value is -1.01. The van der Waals surface area contributed by atoms with E-state index in [-0.39, 0.29) is 0 Å². The molecule has 1 fully saturated rings. The summed E-state index contributed by atoms with van der Waals surface area (Å²) in [5, 5.41) is 9.23. The zero-order chi connectivity index (χ0) is 12.4. The van der Waals surface area contributed by atoms with Crippen LogP contribution < -0.4 is 4.90 Å². The Morgan fingerprint density at radius 1 is 1.47 bits per heavy atom. The van der Waals surface area contributed by atoms with Gasteiger partial charge in [-0.05, 0) is 37.0 Å². The van der Waals surface area contributed by atoms with Gasteiger partial charge in [-0.25, -0.2) is 0 Å². The first kappa shape index (κ1) is 12.4. The van der Waals surface area contributed by atoms with Crippen LogP contribution in [0.25, 0.3) is 0 Å². The maximum Gasteiger partial charge on any atom is 0.101 e. The van der Waals surface area contributed by atoms with Gasteiger partial charge in [0.05, 0.1) is 11.3 Å². The molecule has 3 heteroatoms. The molecule has 0 amide bonds. The van der Waals surface area contributed by atoms with Gasteiger partial charge in [-0.2, -0.15) is 5.26 Å². The summed E-state index contributed by atoms with van der Waals surface area (Å²) in [6.07, 6.45) is 2.46. The maximum absolute atomic E-state index is 9.23. The Morgan fingerprint density at radius 2 is 2.24 bits per heavy atom. The van der Waals surface area contributed by atoms with E-state index in [4.69, 9.17) is 0 Å². The Bertz CT molecular complexity index is 448. The molecule has 1 atom stereocenters. The maximum atomic E-state index is 9.23. The number of hydrogen-bond donors (Lipinski definition) is 0. The molecule has 1 aliphatic heterocycles. The summed E-state index contributed by atoms with van der Waals surface area (Å²) < 4.78 is 0.970. The van der Waals surface area contributed by atoms with E-state index in [1.165, 1.54) is 12.8 Å². The lowest BCUT2D eigenvalue weighted by atomic mass is 10.0. The normalized spacial score (nSPS) is 19.7. The predicted molar refractivity (Wildman–Crippen MR) is 74.1 cm³/mol. The monoisotopic (exact) mass is 292 g/mol. The Labute approximate surface area is 111 Å². The van der Waals surface area contributed by atoms with Gasteiger partial charge in [0.1, 0.15) is 6.07 Å². The molecule has 1 aliphatic rings. The predicted octanol–water partition coefficient (Wildman–Crippen LogP) is 3.95. The van der Waals surface area contributed by atoms with Crippen molar-refractivity contribution in [1.82, 2.24) is 0 Å². The summed E-state index contributed by atoms with van der Waals surface area (Å²) >= 11 is 3.42. The van der Waals surface area contributed by atoms with E-state index in [1.807, 2.05) is 12.1 Å². The molecule has 17 heavy (non-hydrogen) atoms. The SMILES string of the molecule is CC(C)C1CCCN1c1ccc(Br)cc1C#N. The lowest BCUT2D eigenvalue weighted by molar-refractivity contribution is 0.492. The number of benzene rings is 1. The van der Waals surface area contributed by atoms with Gasteiger partial charge in [0.15, 0.2) is 0 Å². The average molecular weight is 293 g/mol. The van der Waals surface area contributed by atoms with Crippen LogP contribution in [0.4, 0.5) is 5.69 Å². The van der Waals surface area contributed by atoms with Crippen molar-refractivity contribution >= 4 is 21.6 Å². The third-order valence-corrected chi connectivity index (χ3v) is 3.95. The Kier molecular flexibility index (Phi) is 3.73. The fourth-order valence-corrected chi connectivity index (χ4v) is 2.99. The molecule has 2 nitrogen and oxygen atoms in total. The second-order valence-electron chi connectivity index (χ2n) is 4.92. The summed E-state index contributed by atoms with van der Waals surface area (Å²) in [7, 11) is 0. The molecule has 0 spiro atoms. The Morgan fingerprint density at radius 3 is 2.88 bits per heavy atom. The minimum atomic E-state index is 0.572. The fraction of sp³-hybridized carbons (Fsp3) is 0.500. The molecule has 0 radical (unpaired) electrons. The molecular formula is C14H17BrN2. The highest BCUT2D eigenvalue weighted by atomic mass is 79.9. The first-order valence-electron chi connectivity index (χ1n) is 6.09. The molecule has 1 saturated heterocycles. The van der Waals surface area contributed by atoms with Crippen LogP contribution in [0.3, 0.4) is 0 Å². The lowest BCUT2D eigenvalue weighted by Gasteiger charge is -2.30. The number of rotatable bonds is 2. The fourth-order valence-electron chi connectivity index (χ4n) is 2.63. The summed E-state index contributed by atoms with van der Waals surface area (Å²) in [6, 6.07) is 8.86. The van der Waals surface area contributed by atoms with Crippen molar-refractivity contribution in [3.8, 4) is 6.07 Å². The molecule has 0 aromatic heterocycles. The van der Waals surface area contributed by atoms with Crippen LogP contribution in [0.1, 0.15) is 32.3 Å². The molecule has 1 aromatic rings. The van der Waals surface area contributed by atoms with Crippen LogP contribution in [-0.4, -0.2) is 12.6 Å². The first-order valence-corrected chi connectivity index (χ1v) is 6.89. The van der Waals surface area contributed by atoms with Crippen LogP contribution in [0.5, 0.6) is 0 Å². The van der Waals surface area contributed by atoms with Crippen molar-refractivity contribution in [2.24, 2.45) is 5.92 Å². The zero-order valence-corrected chi connectivity index (χ0v) is 11.9.